The smallest absolute Gasteiger partial charge is 0.416 e. The molecule has 2 aromatic rings. The van der Waals surface area contributed by atoms with Gasteiger partial charge in [-0.15, -0.1) is 0 Å². The van der Waals surface area contributed by atoms with Gasteiger partial charge >= 0.3 is 6.18 Å². The predicted molar refractivity (Wildman–Crippen MR) is 81.4 cm³/mol. The number of oxazole rings is 1. The Morgan fingerprint density at radius 1 is 1.38 bits per heavy atom. The number of rotatable bonds is 3. The molecule has 8 heteroatoms. The van der Waals surface area contributed by atoms with E-state index in [4.69, 9.17) is 4.42 Å². The summed E-state index contributed by atoms with van der Waals surface area (Å²) >= 11 is 0. The lowest BCUT2D eigenvalue weighted by atomic mass is 10.1. The maximum atomic E-state index is 13.2. The van der Waals surface area contributed by atoms with E-state index in [1.54, 1.807) is 6.07 Å². The van der Waals surface area contributed by atoms with Crippen molar-refractivity contribution >= 4 is 11.6 Å². The third-order valence-corrected chi connectivity index (χ3v) is 3.92. The van der Waals surface area contributed by atoms with Crippen LogP contribution in [0.25, 0.3) is 11.3 Å². The number of anilines is 1. The Morgan fingerprint density at radius 3 is 2.79 bits per heavy atom. The van der Waals surface area contributed by atoms with Crippen molar-refractivity contribution in [1.29, 1.82) is 0 Å². The van der Waals surface area contributed by atoms with Gasteiger partial charge in [-0.25, -0.2) is 4.98 Å². The van der Waals surface area contributed by atoms with E-state index in [0.717, 1.165) is 12.1 Å². The minimum Gasteiger partial charge on any atom is -0.444 e. The van der Waals surface area contributed by atoms with Crippen LogP contribution in [0.3, 0.4) is 0 Å². The van der Waals surface area contributed by atoms with Crippen LogP contribution in [0.1, 0.15) is 18.9 Å². The lowest BCUT2D eigenvalue weighted by Gasteiger charge is -2.21. The second-order valence-electron chi connectivity index (χ2n) is 5.76. The first-order valence-electron chi connectivity index (χ1n) is 7.46. The molecule has 1 atom stereocenters. The Labute approximate surface area is 136 Å². The zero-order chi connectivity index (χ0) is 17.3. The second kappa shape index (κ2) is 6.18. The van der Waals surface area contributed by atoms with Gasteiger partial charge in [0.25, 0.3) is 0 Å². The summed E-state index contributed by atoms with van der Waals surface area (Å²) in [5.41, 5.74) is 0.0266. The number of hydrogen-bond acceptors (Lipinski definition) is 4. The first-order valence-corrected chi connectivity index (χ1v) is 7.46. The van der Waals surface area contributed by atoms with Gasteiger partial charge < -0.3 is 14.6 Å². The summed E-state index contributed by atoms with van der Waals surface area (Å²) < 4.78 is 44.7. The van der Waals surface area contributed by atoms with Crippen molar-refractivity contribution in [2.24, 2.45) is 0 Å². The van der Waals surface area contributed by atoms with Crippen molar-refractivity contribution in [1.82, 2.24) is 10.3 Å². The minimum atomic E-state index is -4.46. The van der Waals surface area contributed by atoms with E-state index < -0.39 is 11.7 Å². The van der Waals surface area contributed by atoms with Crippen molar-refractivity contribution in [3.8, 4) is 11.3 Å². The number of hydrogen-bond donors (Lipinski definition) is 1. The third kappa shape index (κ3) is 3.52. The van der Waals surface area contributed by atoms with E-state index in [9.17, 15) is 18.0 Å². The van der Waals surface area contributed by atoms with E-state index in [-0.39, 0.29) is 17.7 Å². The summed E-state index contributed by atoms with van der Waals surface area (Å²) in [5, 5.41) is 2.80. The lowest BCUT2D eigenvalue weighted by molar-refractivity contribution is -0.137. The Morgan fingerprint density at radius 2 is 2.17 bits per heavy atom. The van der Waals surface area contributed by atoms with Gasteiger partial charge in [0.2, 0.25) is 5.91 Å². The summed E-state index contributed by atoms with van der Waals surface area (Å²) in [6.45, 7) is 2.47. The summed E-state index contributed by atoms with van der Waals surface area (Å²) in [7, 11) is 0. The Bertz CT molecular complexity index is 729. The third-order valence-electron chi connectivity index (χ3n) is 3.92. The molecule has 1 N–H and O–H groups in total. The van der Waals surface area contributed by atoms with E-state index in [2.05, 4.69) is 10.3 Å². The molecule has 0 bridgehead atoms. The van der Waals surface area contributed by atoms with Gasteiger partial charge in [-0.2, -0.15) is 13.2 Å². The SMILES string of the molecule is CC(=O)NC1CCN(c2cc(-c3cnco3)cc(C(F)(F)F)c2)C1. The highest BCUT2D eigenvalue weighted by Gasteiger charge is 2.33. The molecular formula is C16H16F3N3O2. The fourth-order valence-electron chi connectivity index (χ4n) is 2.86. The molecule has 128 valence electrons. The fraction of sp³-hybridized carbons (Fsp3) is 0.375. The quantitative estimate of drug-likeness (QED) is 0.934. The number of amides is 1. The number of nitrogens with zero attached hydrogens (tertiary/aromatic N) is 2. The van der Waals surface area contributed by atoms with Crippen LogP contribution >= 0.6 is 0 Å². The van der Waals surface area contributed by atoms with Gasteiger partial charge in [0.15, 0.2) is 12.2 Å². The lowest BCUT2D eigenvalue weighted by Crippen LogP contribution is -2.35. The summed E-state index contributed by atoms with van der Waals surface area (Å²) in [6, 6.07) is 3.75. The molecule has 1 aromatic carbocycles. The zero-order valence-corrected chi connectivity index (χ0v) is 12.9. The molecule has 1 saturated heterocycles. The highest BCUT2D eigenvalue weighted by Crippen LogP contribution is 2.36. The van der Waals surface area contributed by atoms with Crippen molar-refractivity contribution in [3.05, 3.63) is 36.4 Å². The average molecular weight is 339 g/mol. The number of alkyl halides is 3. The fourth-order valence-corrected chi connectivity index (χ4v) is 2.86. The Kier molecular flexibility index (Phi) is 4.21. The first kappa shape index (κ1) is 16.4. The van der Waals surface area contributed by atoms with Crippen LogP contribution in [0.5, 0.6) is 0 Å². The van der Waals surface area contributed by atoms with Gasteiger partial charge in [0.1, 0.15) is 0 Å². The van der Waals surface area contributed by atoms with Crippen molar-refractivity contribution in [2.45, 2.75) is 25.6 Å². The molecule has 1 aromatic heterocycles. The van der Waals surface area contributed by atoms with Crippen LogP contribution in [0.2, 0.25) is 0 Å². The van der Waals surface area contributed by atoms with Gasteiger partial charge in [0.05, 0.1) is 11.8 Å². The number of halogens is 3. The van der Waals surface area contributed by atoms with Gasteiger partial charge in [0, 0.05) is 37.3 Å². The molecule has 0 spiro atoms. The molecule has 1 amide bonds. The molecule has 2 heterocycles. The summed E-state index contributed by atoms with van der Waals surface area (Å²) in [4.78, 5) is 16.7. The molecule has 24 heavy (non-hydrogen) atoms. The van der Waals surface area contributed by atoms with Crippen molar-refractivity contribution < 1.29 is 22.4 Å². The number of carbonyl (C=O) groups excluding carboxylic acids is 1. The van der Waals surface area contributed by atoms with E-state index in [1.807, 2.05) is 4.90 Å². The van der Waals surface area contributed by atoms with Crippen LogP contribution in [0.4, 0.5) is 18.9 Å². The number of nitrogens with one attached hydrogen (secondary N) is 1. The number of carbonyl (C=O) groups is 1. The second-order valence-corrected chi connectivity index (χ2v) is 5.76. The van der Waals surface area contributed by atoms with Crippen LogP contribution in [-0.4, -0.2) is 30.0 Å². The minimum absolute atomic E-state index is 0.0641. The molecule has 1 aliphatic heterocycles. The average Bonchev–Trinajstić information content (AvgIpc) is 3.16. The molecule has 0 aliphatic carbocycles. The van der Waals surface area contributed by atoms with E-state index in [0.29, 0.717) is 30.8 Å². The monoisotopic (exact) mass is 339 g/mol. The predicted octanol–water partition coefficient (Wildman–Crippen LogP) is 3.08. The number of aromatic nitrogens is 1. The normalized spacial score (nSPS) is 18.0. The first-order chi connectivity index (χ1) is 11.3. The standard InChI is InChI=1S/C16H16F3N3O2/c1-10(23)21-13-2-3-22(8-13)14-5-11(15-7-20-9-24-15)4-12(6-14)16(17,18)19/h4-7,9,13H,2-3,8H2,1H3,(H,21,23). The highest BCUT2D eigenvalue weighted by atomic mass is 19.4. The highest BCUT2D eigenvalue weighted by molar-refractivity contribution is 5.73. The molecular weight excluding hydrogens is 323 g/mol. The van der Waals surface area contributed by atoms with Gasteiger partial charge in [-0.1, -0.05) is 0 Å². The Hall–Kier alpha value is -2.51. The molecule has 0 saturated carbocycles. The largest absolute Gasteiger partial charge is 0.444 e. The van der Waals surface area contributed by atoms with Gasteiger partial charge in [-0.3, -0.25) is 4.79 Å². The van der Waals surface area contributed by atoms with Crippen LogP contribution in [-0.2, 0) is 11.0 Å². The molecule has 1 fully saturated rings. The van der Waals surface area contributed by atoms with Crippen molar-refractivity contribution in [2.75, 3.05) is 18.0 Å². The van der Waals surface area contributed by atoms with Crippen molar-refractivity contribution in [3.63, 3.8) is 0 Å². The van der Waals surface area contributed by atoms with Gasteiger partial charge in [-0.05, 0) is 24.6 Å². The zero-order valence-electron chi connectivity index (χ0n) is 12.9. The topological polar surface area (TPSA) is 58.4 Å². The molecule has 1 aliphatic rings. The van der Waals surface area contributed by atoms with Crippen LogP contribution in [0, 0.1) is 0 Å². The molecule has 3 rings (SSSR count). The molecule has 0 radical (unpaired) electrons. The number of benzene rings is 1. The molecule has 1 unspecified atom stereocenters. The summed E-state index contributed by atoms with van der Waals surface area (Å²) in [5.74, 6) is 0.133. The van der Waals surface area contributed by atoms with E-state index >= 15 is 0 Å². The van der Waals surface area contributed by atoms with Crippen LogP contribution in [0.15, 0.2) is 35.2 Å². The maximum Gasteiger partial charge on any atom is 0.416 e. The Balaban J connectivity index is 1.93. The van der Waals surface area contributed by atoms with E-state index in [1.165, 1.54) is 19.5 Å². The maximum absolute atomic E-state index is 13.2. The molecule has 5 nitrogen and oxygen atoms in total. The summed E-state index contributed by atoms with van der Waals surface area (Å²) in [6.07, 6.45) is -1.21. The van der Waals surface area contributed by atoms with Crippen LogP contribution < -0.4 is 10.2 Å².